The van der Waals surface area contributed by atoms with Crippen molar-refractivity contribution in [3.05, 3.63) is 12.4 Å². The summed E-state index contributed by atoms with van der Waals surface area (Å²) in [5.74, 6) is 0. The van der Waals surface area contributed by atoms with Crippen LogP contribution in [-0.2, 0) is 20.1 Å². The Morgan fingerprint density at radius 1 is 1.50 bits per heavy atom. The van der Waals surface area contributed by atoms with Gasteiger partial charge in [-0.15, -0.1) is 5.10 Å². The molecule has 4 heteroatoms. The summed E-state index contributed by atoms with van der Waals surface area (Å²) in [6.45, 7) is 0. The van der Waals surface area contributed by atoms with Crippen molar-refractivity contribution in [2.45, 2.75) is 0 Å². The van der Waals surface area contributed by atoms with Crippen molar-refractivity contribution in [2.75, 3.05) is 0 Å². The molecule has 3 nitrogen and oxygen atoms in total. The van der Waals surface area contributed by atoms with E-state index in [0.717, 1.165) is 0 Å². The van der Waals surface area contributed by atoms with E-state index in [4.69, 9.17) is 0 Å². The molecule has 0 aliphatic carbocycles. The zero-order chi connectivity index (χ0) is 3.54. The Balaban J connectivity index is 0.000000250. The van der Waals surface area contributed by atoms with Gasteiger partial charge in [0.05, 0.1) is 6.20 Å². The molecule has 1 radical (unpaired) electrons. The second-order valence-corrected chi connectivity index (χ2v) is 0.660. The second kappa shape index (κ2) is 3.00. The largest absolute Gasteiger partial charge is 0.266 e. The first kappa shape index (κ1) is 5.79. The van der Waals surface area contributed by atoms with Gasteiger partial charge in [0.2, 0.25) is 0 Å². The van der Waals surface area contributed by atoms with Crippen LogP contribution in [0.4, 0.5) is 0 Å². The number of H-pyrrole nitrogens is 1. The minimum atomic E-state index is 0. The SMILES string of the molecule is [Ir].c1c[nH]nn1. The number of aromatic amines is 1. The molecule has 0 aromatic carbocycles. The molecule has 0 fully saturated rings. The van der Waals surface area contributed by atoms with Crippen LogP contribution in [0.15, 0.2) is 12.4 Å². The van der Waals surface area contributed by atoms with Crippen LogP contribution < -0.4 is 0 Å². The van der Waals surface area contributed by atoms with Crippen LogP contribution in [0.3, 0.4) is 0 Å². The molecule has 0 aliphatic rings. The summed E-state index contributed by atoms with van der Waals surface area (Å²) < 4.78 is 0. The molecule has 0 aliphatic heterocycles. The average Bonchev–Trinajstić information content (AvgIpc) is 1.76. The van der Waals surface area contributed by atoms with Crippen LogP contribution >= 0.6 is 0 Å². The van der Waals surface area contributed by atoms with Crippen LogP contribution in [0, 0.1) is 0 Å². The van der Waals surface area contributed by atoms with Crippen molar-refractivity contribution in [3.8, 4) is 0 Å². The number of aromatic nitrogens is 3. The van der Waals surface area contributed by atoms with Gasteiger partial charge in [-0.25, -0.2) is 0 Å². The molecule has 1 N–H and O–H groups in total. The topological polar surface area (TPSA) is 41.6 Å². The summed E-state index contributed by atoms with van der Waals surface area (Å²) in [7, 11) is 0. The summed E-state index contributed by atoms with van der Waals surface area (Å²) in [5.41, 5.74) is 0. The zero-order valence-corrected chi connectivity index (χ0v) is 5.28. The van der Waals surface area contributed by atoms with E-state index >= 15 is 0 Å². The molecule has 35 valence electrons. The van der Waals surface area contributed by atoms with Gasteiger partial charge in [0.1, 0.15) is 0 Å². The normalized spacial score (nSPS) is 6.67. The Kier molecular flexibility index (Phi) is 2.89. The quantitative estimate of drug-likeness (QED) is 0.703. The fourth-order valence-corrected chi connectivity index (χ4v) is 0.167. The molecule has 0 spiro atoms. The average molecular weight is 261 g/mol. The summed E-state index contributed by atoms with van der Waals surface area (Å²) in [4.78, 5) is 0. The monoisotopic (exact) mass is 262 g/mol. The molecule has 1 aromatic heterocycles. The number of hydrogen-bond donors (Lipinski definition) is 1. The van der Waals surface area contributed by atoms with Crippen LogP contribution in [-0.4, -0.2) is 15.4 Å². The van der Waals surface area contributed by atoms with E-state index in [-0.39, 0.29) is 20.1 Å². The van der Waals surface area contributed by atoms with Crippen LogP contribution in [0.1, 0.15) is 0 Å². The Bertz CT molecular complexity index is 65.3. The predicted molar refractivity (Wildman–Crippen MR) is 16.4 cm³/mol. The maximum Gasteiger partial charge on any atom is 0.0690 e. The number of hydrogen-bond acceptors (Lipinski definition) is 2. The van der Waals surface area contributed by atoms with E-state index in [1.807, 2.05) is 0 Å². The molecule has 0 saturated heterocycles. The van der Waals surface area contributed by atoms with Gasteiger partial charge < -0.3 is 0 Å². The van der Waals surface area contributed by atoms with Crippen LogP contribution in [0.25, 0.3) is 0 Å². The minimum Gasteiger partial charge on any atom is -0.266 e. The van der Waals surface area contributed by atoms with E-state index < -0.39 is 0 Å². The maximum absolute atomic E-state index is 3.42. The zero-order valence-electron chi connectivity index (χ0n) is 2.88. The second-order valence-electron chi connectivity index (χ2n) is 0.660. The third kappa shape index (κ3) is 1.29. The molecule has 0 bridgehead atoms. The van der Waals surface area contributed by atoms with Gasteiger partial charge in [-0.3, -0.25) is 5.10 Å². The van der Waals surface area contributed by atoms with Gasteiger partial charge in [0.25, 0.3) is 0 Å². The molecule has 1 rings (SSSR count). The first-order valence-corrected chi connectivity index (χ1v) is 1.30. The van der Waals surface area contributed by atoms with Crippen molar-refractivity contribution in [2.24, 2.45) is 0 Å². The standard InChI is InChI=1S/C2H3N3.Ir/c1-2-4-5-3-1;/h1-2H,(H,3,4,5);. The summed E-state index contributed by atoms with van der Waals surface area (Å²) in [6, 6.07) is 0. The van der Waals surface area contributed by atoms with Gasteiger partial charge >= 0.3 is 0 Å². The van der Waals surface area contributed by atoms with Crippen molar-refractivity contribution in [3.63, 3.8) is 0 Å². The fraction of sp³-hybridized carbons (Fsp3) is 0. The molecular weight excluding hydrogens is 258 g/mol. The first-order valence-electron chi connectivity index (χ1n) is 1.30. The minimum absolute atomic E-state index is 0. The van der Waals surface area contributed by atoms with Crippen molar-refractivity contribution < 1.29 is 20.1 Å². The molecular formula is C2H3IrN3. The number of rotatable bonds is 0. The molecule has 1 aromatic rings. The van der Waals surface area contributed by atoms with Crippen molar-refractivity contribution in [1.82, 2.24) is 15.4 Å². The van der Waals surface area contributed by atoms with Gasteiger partial charge in [-0.1, -0.05) is 5.21 Å². The van der Waals surface area contributed by atoms with Gasteiger partial charge in [-0.2, -0.15) is 0 Å². The van der Waals surface area contributed by atoms with Crippen LogP contribution in [0.2, 0.25) is 0 Å². The molecule has 0 amide bonds. The molecule has 0 saturated carbocycles. The fourth-order valence-electron chi connectivity index (χ4n) is 0.167. The maximum atomic E-state index is 3.42. The Labute approximate surface area is 48.5 Å². The molecule has 0 unspecified atom stereocenters. The third-order valence-corrected chi connectivity index (χ3v) is 0.331. The smallest absolute Gasteiger partial charge is 0.0690 e. The third-order valence-electron chi connectivity index (χ3n) is 0.331. The van der Waals surface area contributed by atoms with Crippen LogP contribution in [0.5, 0.6) is 0 Å². The Hall–Kier alpha value is -0.211. The summed E-state index contributed by atoms with van der Waals surface area (Å²) in [6.07, 6.45) is 3.24. The van der Waals surface area contributed by atoms with Gasteiger partial charge in [-0.05, 0) is 0 Å². The van der Waals surface area contributed by atoms with E-state index in [0.29, 0.717) is 0 Å². The molecule has 0 atom stereocenters. The van der Waals surface area contributed by atoms with Crippen molar-refractivity contribution >= 4 is 0 Å². The van der Waals surface area contributed by atoms with E-state index in [1.165, 1.54) is 0 Å². The van der Waals surface area contributed by atoms with Gasteiger partial charge in [0.15, 0.2) is 0 Å². The molecule has 1 heterocycles. The summed E-state index contributed by atoms with van der Waals surface area (Å²) >= 11 is 0. The van der Waals surface area contributed by atoms with E-state index in [1.54, 1.807) is 12.4 Å². The molecule has 6 heavy (non-hydrogen) atoms. The number of nitrogens with zero attached hydrogens (tertiary/aromatic N) is 2. The first-order chi connectivity index (χ1) is 2.50. The Morgan fingerprint density at radius 3 is 2.50 bits per heavy atom. The summed E-state index contributed by atoms with van der Waals surface area (Å²) in [5, 5.41) is 9.26. The predicted octanol–water partition coefficient (Wildman–Crippen LogP) is -0.198. The van der Waals surface area contributed by atoms with Crippen molar-refractivity contribution in [1.29, 1.82) is 0 Å². The van der Waals surface area contributed by atoms with Gasteiger partial charge in [0, 0.05) is 26.3 Å². The van der Waals surface area contributed by atoms with E-state index in [2.05, 4.69) is 15.4 Å². The van der Waals surface area contributed by atoms with E-state index in [9.17, 15) is 0 Å². The number of nitrogens with one attached hydrogen (secondary N) is 1. The Morgan fingerprint density at radius 2 is 2.33 bits per heavy atom.